The van der Waals surface area contributed by atoms with E-state index >= 15 is 0 Å². The minimum atomic E-state index is 0.0282. The molecule has 24 heavy (non-hydrogen) atoms. The first-order valence-electron chi connectivity index (χ1n) is 8.86. The van der Waals surface area contributed by atoms with Gasteiger partial charge in [-0.3, -0.25) is 14.5 Å². The highest BCUT2D eigenvalue weighted by atomic mass is 32.1. The molecule has 0 spiro atoms. The van der Waals surface area contributed by atoms with Crippen molar-refractivity contribution in [3.8, 4) is 0 Å². The molecule has 0 aromatic carbocycles. The topological polar surface area (TPSA) is 52.7 Å². The Kier molecular flexibility index (Phi) is 7.24. The molecule has 1 aliphatic heterocycles. The fourth-order valence-corrected chi connectivity index (χ4v) is 4.09. The number of nitrogens with one attached hydrogen (secondary N) is 1. The summed E-state index contributed by atoms with van der Waals surface area (Å²) in [6.45, 7) is 9.85. The number of carbonyl (C=O) groups is 2. The summed E-state index contributed by atoms with van der Waals surface area (Å²) in [7, 11) is 0. The number of likely N-dealkylation sites (N-methyl/N-ethyl adjacent to an activating group) is 1. The second kappa shape index (κ2) is 9.18. The van der Waals surface area contributed by atoms with Gasteiger partial charge in [0.05, 0.1) is 6.04 Å². The Labute approximate surface area is 149 Å². The summed E-state index contributed by atoms with van der Waals surface area (Å²) >= 11 is 1.69. The van der Waals surface area contributed by atoms with Gasteiger partial charge in [0.1, 0.15) is 0 Å². The average molecular weight is 352 g/mol. The highest BCUT2D eigenvalue weighted by molar-refractivity contribution is 7.07. The van der Waals surface area contributed by atoms with Gasteiger partial charge in [0.2, 0.25) is 11.8 Å². The van der Waals surface area contributed by atoms with Gasteiger partial charge in [-0.15, -0.1) is 0 Å². The van der Waals surface area contributed by atoms with Crippen molar-refractivity contribution < 1.29 is 9.59 Å². The van der Waals surface area contributed by atoms with E-state index in [1.165, 1.54) is 5.56 Å². The van der Waals surface area contributed by atoms with E-state index in [4.69, 9.17) is 0 Å². The van der Waals surface area contributed by atoms with Crippen LogP contribution in [0.15, 0.2) is 16.8 Å². The van der Waals surface area contributed by atoms with E-state index in [2.05, 4.69) is 40.9 Å². The molecule has 6 heteroatoms. The predicted octanol–water partition coefficient (Wildman–Crippen LogP) is 2.51. The van der Waals surface area contributed by atoms with Gasteiger partial charge in [-0.2, -0.15) is 11.3 Å². The summed E-state index contributed by atoms with van der Waals surface area (Å²) in [5.74, 6) is 0.263. The lowest BCUT2D eigenvalue weighted by Gasteiger charge is -2.32. The zero-order valence-electron chi connectivity index (χ0n) is 15.0. The fraction of sp³-hybridized carbons (Fsp3) is 0.667. The lowest BCUT2D eigenvalue weighted by atomic mass is 9.95. The molecule has 1 aromatic heterocycles. The number of nitrogens with zero attached hydrogens (tertiary/aromatic N) is 2. The summed E-state index contributed by atoms with van der Waals surface area (Å²) in [5, 5.41) is 7.41. The molecule has 1 aromatic rings. The molecular weight excluding hydrogens is 322 g/mol. The van der Waals surface area contributed by atoms with Crippen LogP contribution in [0.3, 0.4) is 0 Å². The molecule has 2 rings (SSSR count). The van der Waals surface area contributed by atoms with Gasteiger partial charge in [0.15, 0.2) is 0 Å². The van der Waals surface area contributed by atoms with Crippen molar-refractivity contribution >= 4 is 23.2 Å². The van der Waals surface area contributed by atoms with E-state index in [1.54, 1.807) is 18.3 Å². The van der Waals surface area contributed by atoms with Crippen LogP contribution in [0, 0.1) is 5.92 Å². The Hall–Kier alpha value is -1.40. The van der Waals surface area contributed by atoms with E-state index in [0.29, 0.717) is 19.6 Å². The minimum absolute atomic E-state index is 0.0282. The molecule has 1 fully saturated rings. The van der Waals surface area contributed by atoms with Crippen LogP contribution in [0.1, 0.15) is 45.2 Å². The SMILES string of the molecule is CCN(CC)[C@@H](CNC(=O)C1CCN(C(C)=O)CC1)c1ccsc1. The lowest BCUT2D eigenvalue weighted by molar-refractivity contribution is -0.134. The maximum absolute atomic E-state index is 12.5. The third-order valence-electron chi connectivity index (χ3n) is 4.96. The monoisotopic (exact) mass is 351 g/mol. The average Bonchev–Trinajstić information content (AvgIpc) is 3.12. The molecule has 0 bridgehead atoms. The van der Waals surface area contributed by atoms with Crippen LogP contribution in [-0.2, 0) is 9.59 Å². The molecule has 5 nitrogen and oxygen atoms in total. The Morgan fingerprint density at radius 3 is 2.50 bits per heavy atom. The Balaban J connectivity index is 1.90. The zero-order valence-corrected chi connectivity index (χ0v) is 15.8. The molecule has 0 unspecified atom stereocenters. The Bertz CT molecular complexity index is 520. The first-order valence-corrected chi connectivity index (χ1v) is 9.80. The molecule has 0 saturated carbocycles. The van der Waals surface area contributed by atoms with Crippen LogP contribution in [-0.4, -0.2) is 54.3 Å². The largest absolute Gasteiger partial charge is 0.354 e. The normalized spacial score (nSPS) is 17.1. The number of amides is 2. The number of hydrogen-bond donors (Lipinski definition) is 1. The molecule has 2 heterocycles. The van der Waals surface area contributed by atoms with Gasteiger partial charge in [0, 0.05) is 32.5 Å². The van der Waals surface area contributed by atoms with Crippen molar-refractivity contribution in [1.29, 1.82) is 0 Å². The predicted molar refractivity (Wildman–Crippen MR) is 98.0 cm³/mol. The molecule has 2 amide bonds. The summed E-state index contributed by atoms with van der Waals surface area (Å²) < 4.78 is 0. The molecule has 1 aliphatic rings. The Morgan fingerprint density at radius 1 is 1.33 bits per heavy atom. The number of thiophene rings is 1. The first-order chi connectivity index (χ1) is 11.6. The van der Waals surface area contributed by atoms with Crippen LogP contribution >= 0.6 is 11.3 Å². The summed E-state index contributed by atoms with van der Waals surface area (Å²) in [6.07, 6.45) is 1.53. The number of carbonyl (C=O) groups excluding carboxylic acids is 2. The summed E-state index contributed by atoms with van der Waals surface area (Å²) in [5.41, 5.74) is 1.27. The number of rotatable bonds is 7. The van der Waals surface area contributed by atoms with Crippen LogP contribution in [0.4, 0.5) is 0 Å². The van der Waals surface area contributed by atoms with Crippen molar-refractivity contribution in [2.75, 3.05) is 32.7 Å². The van der Waals surface area contributed by atoms with Crippen LogP contribution in [0.2, 0.25) is 0 Å². The van der Waals surface area contributed by atoms with Crippen LogP contribution < -0.4 is 5.32 Å². The summed E-state index contributed by atoms with van der Waals surface area (Å²) in [4.78, 5) is 28.1. The van der Waals surface area contributed by atoms with Crippen LogP contribution in [0.25, 0.3) is 0 Å². The van der Waals surface area contributed by atoms with E-state index in [0.717, 1.165) is 25.9 Å². The molecule has 0 aliphatic carbocycles. The van der Waals surface area contributed by atoms with E-state index in [-0.39, 0.29) is 23.8 Å². The van der Waals surface area contributed by atoms with Gasteiger partial charge in [-0.1, -0.05) is 13.8 Å². The van der Waals surface area contributed by atoms with Gasteiger partial charge in [-0.25, -0.2) is 0 Å². The van der Waals surface area contributed by atoms with Gasteiger partial charge in [0.25, 0.3) is 0 Å². The molecule has 1 saturated heterocycles. The first kappa shape index (κ1) is 18.9. The third kappa shape index (κ3) is 4.80. The van der Waals surface area contributed by atoms with E-state index in [1.807, 2.05) is 4.90 Å². The maximum Gasteiger partial charge on any atom is 0.223 e. The number of likely N-dealkylation sites (tertiary alicyclic amines) is 1. The van der Waals surface area contributed by atoms with Gasteiger partial charge >= 0.3 is 0 Å². The quantitative estimate of drug-likeness (QED) is 0.821. The zero-order chi connectivity index (χ0) is 17.5. The molecule has 1 atom stereocenters. The van der Waals surface area contributed by atoms with Crippen molar-refractivity contribution in [1.82, 2.24) is 15.1 Å². The minimum Gasteiger partial charge on any atom is -0.354 e. The standard InChI is InChI=1S/C18H29N3O2S/c1-4-20(5-2)17(16-8-11-24-13-16)12-19-18(23)15-6-9-21(10-7-15)14(3)22/h8,11,13,15,17H,4-7,9-10,12H2,1-3H3,(H,19,23)/t17-/m0/s1. The second-order valence-corrected chi connectivity index (χ2v) is 7.10. The van der Waals surface area contributed by atoms with Gasteiger partial charge < -0.3 is 10.2 Å². The number of piperidine rings is 1. The van der Waals surface area contributed by atoms with Crippen molar-refractivity contribution in [2.45, 2.75) is 39.7 Å². The summed E-state index contributed by atoms with van der Waals surface area (Å²) in [6, 6.07) is 2.37. The smallest absolute Gasteiger partial charge is 0.223 e. The molecule has 0 radical (unpaired) electrons. The molecular formula is C18H29N3O2S. The third-order valence-corrected chi connectivity index (χ3v) is 5.66. The maximum atomic E-state index is 12.5. The van der Waals surface area contributed by atoms with E-state index < -0.39 is 0 Å². The van der Waals surface area contributed by atoms with Crippen LogP contribution in [0.5, 0.6) is 0 Å². The van der Waals surface area contributed by atoms with Crippen molar-refractivity contribution in [2.24, 2.45) is 5.92 Å². The Morgan fingerprint density at radius 2 is 2.00 bits per heavy atom. The van der Waals surface area contributed by atoms with E-state index in [9.17, 15) is 9.59 Å². The lowest BCUT2D eigenvalue weighted by Crippen LogP contribution is -2.44. The fourth-order valence-electron chi connectivity index (χ4n) is 3.38. The molecule has 1 N–H and O–H groups in total. The van der Waals surface area contributed by atoms with Gasteiger partial charge in [-0.05, 0) is 48.3 Å². The van der Waals surface area contributed by atoms with Crippen molar-refractivity contribution in [3.05, 3.63) is 22.4 Å². The molecule has 134 valence electrons. The second-order valence-electron chi connectivity index (χ2n) is 6.32. The van der Waals surface area contributed by atoms with Crippen molar-refractivity contribution in [3.63, 3.8) is 0 Å². The highest BCUT2D eigenvalue weighted by Gasteiger charge is 2.27. The number of hydrogen-bond acceptors (Lipinski definition) is 4. The highest BCUT2D eigenvalue weighted by Crippen LogP contribution is 2.23.